The van der Waals surface area contributed by atoms with Crippen LogP contribution in [0, 0.1) is 6.92 Å². The molecule has 0 spiro atoms. The number of nitrogen functional groups attached to an aromatic ring is 1. The number of rotatable bonds is 5. The number of likely N-dealkylation sites (tertiary alicyclic amines) is 1. The molecule has 1 aliphatic heterocycles. The summed E-state index contributed by atoms with van der Waals surface area (Å²) in [6.45, 7) is 6.25. The lowest BCUT2D eigenvalue weighted by atomic mass is 10.0. The first-order valence-electron chi connectivity index (χ1n) is 12.8. The van der Waals surface area contributed by atoms with Crippen molar-refractivity contribution in [3.63, 3.8) is 0 Å². The molecule has 3 N–H and O–H groups in total. The highest BCUT2D eigenvalue weighted by Crippen LogP contribution is 2.40. The van der Waals surface area contributed by atoms with Gasteiger partial charge in [-0.15, -0.1) is 11.3 Å². The Morgan fingerprint density at radius 3 is 2.65 bits per heavy atom. The number of nitrogens with zero attached hydrogens (tertiary/aromatic N) is 4. The van der Waals surface area contributed by atoms with Gasteiger partial charge in [-0.05, 0) is 45.9 Å². The van der Waals surface area contributed by atoms with Crippen LogP contribution in [-0.2, 0) is 4.74 Å². The van der Waals surface area contributed by atoms with E-state index in [9.17, 15) is 13.6 Å². The second kappa shape index (κ2) is 10.5. The number of fused-ring (bicyclic) bond motifs is 1. The maximum atomic E-state index is 14.6. The van der Waals surface area contributed by atoms with Gasteiger partial charge in [-0.25, -0.2) is 28.5 Å². The Balaban J connectivity index is 1.38. The molecule has 9 nitrogen and oxygen atoms in total. The minimum absolute atomic E-state index is 0.0241. The predicted octanol–water partition coefficient (Wildman–Crippen LogP) is 6.49. The first-order valence-corrected chi connectivity index (χ1v) is 13.6. The number of hydrogen-bond acceptors (Lipinski definition) is 9. The number of benzene rings is 2. The molecular formula is C28H30F2N6O3S. The maximum absolute atomic E-state index is 14.6. The number of thiazole rings is 1. The zero-order valence-corrected chi connectivity index (χ0v) is 23.4. The van der Waals surface area contributed by atoms with Gasteiger partial charge in [0.2, 0.25) is 11.8 Å². The molecule has 1 amide bonds. The van der Waals surface area contributed by atoms with E-state index in [1.54, 1.807) is 39.0 Å². The number of carbonyl (C=O) groups is 1. The van der Waals surface area contributed by atoms with Crippen LogP contribution in [0.4, 0.5) is 25.2 Å². The lowest BCUT2D eigenvalue weighted by Gasteiger charge is -2.38. The Hall–Kier alpha value is -4.06. The number of halogens is 2. The fraction of sp³-hybridized carbons (Fsp3) is 0.357. The molecule has 3 heterocycles. The van der Waals surface area contributed by atoms with Gasteiger partial charge in [0.05, 0.1) is 23.3 Å². The Morgan fingerprint density at radius 2 is 1.90 bits per heavy atom. The topological polar surface area (TPSA) is 115 Å². The number of aryl methyl sites for hydroxylation is 1. The molecule has 1 aliphatic rings. The van der Waals surface area contributed by atoms with Gasteiger partial charge in [0.15, 0.2) is 0 Å². The molecule has 1 saturated heterocycles. The lowest BCUT2D eigenvalue weighted by Crippen LogP contribution is -2.54. The quantitative estimate of drug-likeness (QED) is 0.263. The number of nitrogens with two attached hydrogens (primary N) is 1. The molecule has 0 aliphatic carbocycles. The van der Waals surface area contributed by atoms with E-state index in [2.05, 4.69) is 20.3 Å². The Kier molecular flexibility index (Phi) is 7.21. The van der Waals surface area contributed by atoms with E-state index in [1.165, 1.54) is 17.5 Å². The van der Waals surface area contributed by atoms with Crippen molar-refractivity contribution in [3.05, 3.63) is 53.7 Å². The number of nitrogens with one attached hydrogen (secondary N) is 1. The fourth-order valence-electron chi connectivity index (χ4n) is 4.53. The normalized spacial score (nSPS) is 17.1. The third kappa shape index (κ3) is 6.22. The lowest BCUT2D eigenvalue weighted by molar-refractivity contribution is -0.0723. The van der Waals surface area contributed by atoms with Crippen LogP contribution in [0.2, 0.25) is 0 Å². The number of alkyl halides is 2. The van der Waals surface area contributed by atoms with Crippen LogP contribution in [0.15, 0.2) is 48.7 Å². The van der Waals surface area contributed by atoms with Crippen molar-refractivity contribution < 1.29 is 23.0 Å². The molecule has 0 saturated carbocycles. The zero-order chi connectivity index (χ0) is 28.7. The summed E-state index contributed by atoms with van der Waals surface area (Å²) in [6, 6.07) is 12.2. The summed E-state index contributed by atoms with van der Waals surface area (Å²) in [5.41, 5.74) is 6.50. The number of anilines is 2. The zero-order valence-electron chi connectivity index (χ0n) is 22.6. The van der Waals surface area contributed by atoms with E-state index in [-0.39, 0.29) is 12.5 Å². The summed E-state index contributed by atoms with van der Waals surface area (Å²) >= 11 is 1.39. The first kappa shape index (κ1) is 27.5. The second-order valence-electron chi connectivity index (χ2n) is 10.7. The highest BCUT2D eigenvalue weighted by atomic mass is 32.1. The minimum Gasteiger partial charge on any atom is -0.444 e. The number of ether oxygens (including phenoxy) is 2. The number of hydrogen-bond donors (Lipinski definition) is 2. The van der Waals surface area contributed by atoms with Gasteiger partial charge < -0.3 is 25.4 Å². The van der Waals surface area contributed by atoms with Crippen LogP contribution in [0.5, 0.6) is 11.6 Å². The average molecular weight is 569 g/mol. The van der Waals surface area contributed by atoms with Crippen LogP contribution in [0.3, 0.4) is 0 Å². The molecule has 0 unspecified atom stereocenters. The van der Waals surface area contributed by atoms with E-state index in [4.69, 9.17) is 15.2 Å². The van der Waals surface area contributed by atoms with Crippen molar-refractivity contribution in [2.45, 2.75) is 51.7 Å². The summed E-state index contributed by atoms with van der Waals surface area (Å²) in [4.78, 5) is 27.6. The van der Waals surface area contributed by atoms with Crippen LogP contribution in [0.25, 0.3) is 21.3 Å². The number of aromatic nitrogens is 3. The maximum Gasteiger partial charge on any atom is 0.410 e. The van der Waals surface area contributed by atoms with E-state index in [0.717, 1.165) is 20.7 Å². The third-order valence-corrected chi connectivity index (χ3v) is 7.08. The summed E-state index contributed by atoms with van der Waals surface area (Å²) in [7, 11) is 0. The van der Waals surface area contributed by atoms with Crippen molar-refractivity contribution in [1.82, 2.24) is 19.9 Å². The van der Waals surface area contributed by atoms with Crippen molar-refractivity contribution >= 4 is 39.8 Å². The SMILES string of the molecule is Cc1nc(Oc2ccc(N)c3ccccc23)c(-c2ccnc(N[C@@H]3CN(C(=O)OC(C)(C)C)CC(F)(F)C3)n2)s1. The van der Waals surface area contributed by atoms with E-state index >= 15 is 0 Å². The molecule has 210 valence electrons. The Morgan fingerprint density at radius 1 is 1.15 bits per heavy atom. The van der Waals surface area contributed by atoms with Gasteiger partial charge in [-0.1, -0.05) is 24.3 Å². The van der Waals surface area contributed by atoms with Gasteiger partial charge in [0.1, 0.15) is 16.2 Å². The second-order valence-corrected chi connectivity index (χ2v) is 11.9. The molecular weight excluding hydrogens is 538 g/mol. The largest absolute Gasteiger partial charge is 0.444 e. The van der Waals surface area contributed by atoms with Gasteiger partial charge in [-0.3, -0.25) is 0 Å². The third-order valence-electron chi connectivity index (χ3n) is 6.11. The molecule has 2 aromatic carbocycles. The average Bonchev–Trinajstić information content (AvgIpc) is 3.24. The molecule has 12 heteroatoms. The van der Waals surface area contributed by atoms with E-state index in [1.807, 2.05) is 31.2 Å². The minimum atomic E-state index is -3.10. The smallest absolute Gasteiger partial charge is 0.410 e. The van der Waals surface area contributed by atoms with Crippen LogP contribution >= 0.6 is 11.3 Å². The highest BCUT2D eigenvalue weighted by molar-refractivity contribution is 7.15. The van der Waals surface area contributed by atoms with Gasteiger partial charge in [0.25, 0.3) is 5.92 Å². The van der Waals surface area contributed by atoms with Crippen molar-refractivity contribution in [2.75, 3.05) is 24.1 Å². The Labute approximate surface area is 234 Å². The summed E-state index contributed by atoms with van der Waals surface area (Å²) in [5, 5.41) is 5.45. The molecule has 4 aromatic rings. The molecule has 0 radical (unpaired) electrons. The number of carbonyl (C=O) groups excluding carboxylic acids is 1. The van der Waals surface area contributed by atoms with E-state index in [0.29, 0.717) is 27.9 Å². The Bertz CT molecular complexity index is 1550. The number of piperidine rings is 1. The molecule has 0 bridgehead atoms. The number of amides is 1. The van der Waals surface area contributed by atoms with Gasteiger partial charge in [0, 0.05) is 35.6 Å². The monoisotopic (exact) mass is 568 g/mol. The highest BCUT2D eigenvalue weighted by Gasteiger charge is 2.43. The predicted molar refractivity (Wildman–Crippen MR) is 151 cm³/mol. The molecule has 5 rings (SSSR count). The molecule has 40 heavy (non-hydrogen) atoms. The standard InChI is InChI=1S/C28H30F2N6O3S/c1-16-33-24(38-22-10-9-20(31)18-7-5-6-8-19(18)22)23(40-16)21-11-12-32-25(35-21)34-17-13-28(29,30)15-36(14-17)26(37)39-27(2,3)4/h5-12,17H,13-15,31H2,1-4H3,(H,32,34,35)/t17-/m0/s1. The van der Waals surface area contributed by atoms with Crippen LogP contribution < -0.4 is 15.8 Å². The van der Waals surface area contributed by atoms with Gasteiger partial charge in [-0.2, -0.15) is 0 Å². The summed E-state index contributed by atoms with van der Waals surface area (Å²) in [6.07, 6.45) is 0.276. The summed E-state index contributed by atoms with van der Waals surface area (Å²) in [5.74, 6) is -1.99. The van der Waals surface area contributed by atoms with E-state index < -0.39 is 36.6 Å². The van der Waals surface area contributed by atoms with Crippen molar-refractivity contribution in [1.29, 1.82) is 0 Å². The van der Waals surface area contributed by atoms with Gasteiger partial charge >= 0.3 is 6.09 Å². The molecule has 1 fully saturated rings. The molecule has 2 aromatic heterocycles. The van der Waals surface area contributed by atoms with Crippen molar-refractivity contribution in [3.8, 4) is 22.2 Å². The molecule has 1 atom stereocenters. The van der Waals surface area contributed by atoms with Crippen molar-refractivity contribution in [2.24, 2.45) is 0 Å². The first-order chi connectivity index (χ1) is 18.9. The fourth-order valence-corrected chi connectivity index (χ4v) is 5.34. The van der Waals surface area contributed by atoms with Crippen LogP contribution in [0.1, 0.15) is 32.2 Å². The summed E-state index contributed by atoms with van der Waals surface area (Å²) < 4.78 is 40.7. The van der Waals surface area contributed by atoms with Crippen LogP contribution in [-0.4, -0.2) is 56.6 Å².